The number of aliphatic hydroxyl groups is 1. The second-order valence-corrected chi connectivity index (χ2v) is 10.6. The lowest BCUT2D eigenvalue weighted by atomic mass is 9.91. The summed E-state index contributed by atoms with van der Waals surface area (Å²) < 4.78 is 61.6. The van der Waals surface area contributed by atoms with E-state index in [0.29, 0.717) is 12.5 Å². The molecule has 43 heavy (non-hydrogen) atoms. The van der Waals surface area contributed by atoms with E-state index >= 15 is 0 Å². The van der Waals surface area contributed by atoms with Gasteiger partial charge in [0.15, 0.2) is 29.4 Å². The quantitative estimate of drug-likeness (QED) is 0.145. The van der Waals surface area contributed by atoms with E-state index in [0.717, 1.165) is 0 Å². The van der Waals surface area contributed by atoms with Crippen LogP contribution < -0.4 is 16.0 Å². The zero-order valence-electron chi connectivity index (χ0n) is 23.8. The van der Waals surface area contributed by atoms with E-state index < -0.39 is 107 Å². The maximum atomic E-state index is 14.6. The third-order valence-electron chi connectivity index (χ3n) is 7.49. The van der Waals surface area contributed by atoms with E-state index in [4.69, 9.17) is 4.74 Å². The number of aromatic hydroxyl groups is 1. The molecule has 1 fully saturated rings. The van der Waals surface area contributed by atoms with Gasteiger partial charge in [0, 0.05) is 5.92 Å². The molecule has 234 valence electrons. The van der Waals surface area contributed by atoms with Gasteiger partial charge in [-0.1, -0.05) is 26.0 Å². The monoisotopic (exact) mass is 611 g/mol. The highest BCUT2D eigenvalue weighted by Crippen LogP contribution is 2.24. The molecule has 2 aromatic rings. The molecule has 3 rings (SSSR count). The minimum Gasteiger partial charge on any atom is -0.507 e. The standard InChI is InChI=1S/C29H33F4N3O7/c1-5-12(2)25-28(41)34-14(4)23(36-26(39)16-8-6-7-9-19(16)37)27(40)35-18(24(38)13(3)29(42)43-25)11-15-10-17(30)21(32)22(33)20(15)31/h6-10,12-14,18,23-25,37-38H,5,11H2,1-4H3,(H,34,41)(H,35,40)(H,36,39)/t12?,13-,14-,18+,23+,24+,25?/m1/s1. The maximum absolute atomic E-state index is 14.6. The lowest BCUT2D eigenvalue weighted by Gasteiger charge is -2.34. The molecule has 0 saturated carbocycles. The fourth-order valence-corrected chi connectivity index (χ4v) is 4.59. The first-order chi connectivity index (χ1) is 20.2. The largest absolute Gasteiger partial charge is 0.507 e. The predicted molar refractivity (Wildman–Crippen MR) is 143 cm³/mol. The Morgan fingerprint density at radius 2 is 1.67 bits per heavy atom. The number of rotatable bonds is 6. The van der Waals surface area contributed by atoms with Crippen molar-refractivity contribution in [2.75, 3.05) is 0 Å². The average molecular weight is 612 g/mol. The zero-order chi connectivity index (χ0) is 32.2. The number of ether oxygens (including phenoxy) is 1. The second kappa shape index (κ2) is 13.8. The number of amides is 3. The topological polar surface area (TPSA) is 154 Å². The van der Waals surface area contributed by atoms with Gasteiger partial charge in [-0.05, 0) is 50.5 Å². The van der Waals surface area contributed by atoms with Gasteiger partial charge in [-0.3, -0.25) is 19.2 Å². The number of hydrogen-bond acceptors (Lipinski definition) is 7. The Kier molecular flexibility index (Phi) is 10.7. The lowest BCUT2D eigenvalue weighted by Crippen LogP contribution is -2.62. The van der Waals surface area contributed by atoms with Crippen molar-refractivity contribution < 1.29 is 51.7 Å². The lowest BCUT2D eigenvalue weighted by molar-refractivity contribution is -0.167. The normalized spacial score (nSPS) is 25.8. The van der Waals surface area contributed by atoms with E-state index in [2.05, 4.69) is 16.0 Å². The van der Waals surface area contributed by atoms with Crippen LogP contribution in [0.3, 0.4) is 0 Å². The first kappa shape index (κ1) is 33.3. The molecule has 0 aromatic heterocycles. The van der Waals surface area contributed by atoms with Crippen molar-refractivity contribution >= 4 is 23.7 Å². The number of carbonyl (C=O) groups is 4. The molecule has 7 atom stereocenters. The van der Waals surface area contributed by atoms with Crippen molar-refractivity contribution in [3.8, 4) is 5.75 Å². The summed E-state index contributed by atoms with van der Waals surface area (Å²) in [5.41, 5.74) is -0.974. The molecule has 1 heterocycles. The molecule has 1 saturated heterocycles. The highest BCUT2D eigenvalue weighted by atomic mass is 19.2. The third-order valence-corrected chi connectivity index (χ3v) is 7.49. The van der Waals surface area contributed by atoms with Crippen molar-refractivity contribution in [3.05, 3.63) is 64.7 Å². The van der Waals surface area contributed by atoms with Gasteiger partial charge in [-0.2, -0.15) is 0 Å². The molecule has 0 bridgehead atoms. The van der Waals surface area contributed by atoms with Gasteiger partial charge in [-0.25, -0.2) is 17.6 Å². The molecule has 0 radical (unpaired) electrons. The second-order valence-electron chi connectivity index (χ2n) is 10.6. The fourth-order valence-electron chi connectivity index (χ4n) is 4.59. The SMILES string of the molecule is CCC(C)C1OC(=O)[C@H](C)[C@H](O)[C@H](Cc2cc(F)c(F)c(F)c2F)NC(=O)[C@@H](NC(=O)c2ccccc2O)[C@@H](C)NC1=O. The summed E-state index contributed by atoms with van der Waals surface area (Å²) >= 11 is 0. The van der Waals surface area contributed by atoms with Crippen LogP contribution in [0.5, 0.6) is 5.75 Å². The minimum atomic E-state index is -2.11. The van der Waals surface area contributed by atoms with Crippen LogP contribution in [0.4, 0.5) is 17.6 Å². The van der Waals surface area contributed by atoms with Gasteiger partial charge >= 0.3 is 5.97 Å². The molecule has 2 aromatic carbocycles. The number of esters is 1. The predicted octanol–water partition coefficient (Wildman–Crippen LogP) is 2.25. The number of hydrogen-bond donors (Lipinski definition) is 5. The Labute approximate surface area is 244 Å². The number of nitrogens with one attached hydrogen (secondary N) is 3. The van der Waals surface area contributed by atoms with Gasteiger partial charge in [-0.15, -0.1) is 0 Å². The van der Waals surface area contributed by atoms with Crippen molar-refractivity contribution in [1.82, 2.24) is 16.0 Å². The molecule has 1 aliphatic heterocycles. The Morgan fingerprint density at radius 1 is 1.02 bits per heavy atom. The van der Waals surface area contributed by atoms with Crippen LogP contribution in [0.15, 0.2) is 30.3 Å². The molecule has 0 spiro atoms. The summed E-state index contributed by atoms with van der Waals surface area (Å²) in [5, 5.41) is 28.5. The van der Waals surface area contributed by atoms with Gasteiger partial charge in [0.05, 0.1) is 29.7 Å². The zero-order valence-corrected chi connectivity index (χ0v) is 23.8. The molecule has 14 heteroatoms. The van der Waals surface area contributed by atoms with E-state index in [9.17, 15) is 47.0 Å². The van der Waals surface area contributed by atoms with Crippen LogP contribution in [-0.2, 0) is 25.5 Å². The fraction of sp³-hybridized carbons (Fsp3) is 0.448. The molecule has 1 aliphatic rings. The van der Waals surface area contributed by atoms with Crippen LogP contribution in [0.1, 0.15) is 50.0 Å². The molecule has 0 aliphatic carbocycles. The first-order valence-electron chi connectivity index (χ1n) is 13.6. The van der Waals surface area contributed by atoms with E-state index in [1.807, 2.05) is 0 Å². The number of halogens is 4. The van der Waals surface area contributed by atoms with Crippen LogP contribution in [0, 0.1) is 35.1 Å². The highest BCUT2D eigenvalue weighted by Gasteiger charge is 2.40. The summed E-state index contributed by atoms with van der Waals surface area (Å²) in [7, 11) is 0. The summed E-state index contributed by atoms with van der Waals surface area (Å²) in [6.07, 6.45) is -3.69. The molecule has 2 unspecified atom stereocenters. The Morgan fingerprint density at radius 3 is 2.30 bits per heavy atom. The van der Waals surface area contributed by atoms with Crippen LogP contribution in [0.25, 0.3) is 0 Å². The van der Waals surface area contributed by atoms with Crippen molar-refractivity contribution in [2.45, 2.75) is 70.9 Å². The number of cyclic esters (lactones) is 1. The number of carbonyl (C=O) groups excluding carboxylic acids is 4. The van der Waals surface area contributed by atoms with Gasteiger partial charge in [0.1, 0.15) is 11.8 Å². The number of benzene rings is 2. The summed E-state index contributed by atoms with van der Waals surface area (Å²) in [6, 6.07) is 1.34. The molecular weight excluding hydrogens is 578 g/mol. The Bertz CT molecular complexity index is 1390. The molecule has 3 amide bonds. The van der Waals surface area contributed by atoms with Crippen LogP contribution in [-0.4, -0.2) is 64.2 Å². The number of para-hydroxylation sites is 1. The number of aliphatic hydroxyl groups excluding tert-OH is 1. The summed E-state index contributed by atoms with van der Waals surface area (Å²) in [6.45, 7) is 5.92. The van der Waals surface area contributed by atoms with Gasteiger partial charge < -0.3 is 30.9 Å². The van der Waals surface area contributed by atoms with Crippen molar-refractivity contribution in [2.24, 2.45) is 11.8 Å². The average Bonchev–Trinajstić information content (AvgIpc) is 2.97. The van der Waals surface area contributed by atoms with E-state index in [1.165, 1.54) is 38.1 Å². The Balaban J connectivity index is 2.08. The summed E-state index contributed by atoms with van der Waals surface area (Å²) in [4.78, 5) is 52.8. The van der Waals surface area contributed by atoms with E-state index in [1.54, 1.807) is 13.8 Å². The summed E-state index contributed by atoms with van der Waals surface area (Å²) in [5.74, 6) is -13.9. The van der Waals surface area contributed by atoms with Crippen LogP contribution in [0.2, 0.25) is 0 Å². The number of phenolic OH excluding ortho intramolecular Hbond substituents is 1. The maximum Gasteiger partial charge on any atom is 0.312 e. The van der Waals surface area contributed by atoms with Crippen molar-refractivity contribution in [3.63, 3.8) is 0 Å². The van der Waals surface area contributed by atoms with Crippen LogP contribution >= 0.6 is 0 Å². The number of phenols is 1. The third kappa shape index (κ3) is 7.42. The minimum absolute atomic E-state index is 0.212. The van der Waals surface area contributed by atoms with Crippen molar-refractivity contribution in [1.29, 1.82) is 0 Å². The van der Waals surface area contributed by atoms with E-state index in [-0.39, 0.29) is 5.56 Å². The van der Waals surface area contributed by atoms with Gasteiger partial charge in [0.2, 0.25) is 5.91 Å². The van der Waals surface area contributed by atoms with Gasteiger partial charge in [0.25, 0.3) is 11.8 Å². The smallest absolute Gasteiger partial charge is 0.312 e. The molecular formula is C29H33F4N3O7. The molecule has 5 N–H and O–H groups in total. The Hall–Kier alpha value is -4.20. The first-order valence-corrected chi connectivity index (χ1v) is 13.6. The highest BCUT2D eigenvalue weighted by molar-refractivity contribution is 6.00. The molecule has 10 nitrogen and oxygen atoms in total.